The molecule has 3 aromatic rings. The SMILES string of the molecule is Cc1nc(N2CCOCC2)c2c(C)c(C(=O)N3c4ccc(F)cc4CCC3C)sc2n1. The molecular weight excluding hydrogens is 415 g/mol. The van der Waals surface area contributed by atoms with Crippen LogP contribution < -0.4 is 9.80 Å². The van der Waals surface area contributed by atoms with Crippen LogP contribution >= 0.6 is 11.3 Å². The monoisotopic (exact) mass is 440 g/mol. The van der Waals surface area contributed by atoms with E-state index in [-0.39, 0.29) is 17.8 Å². The Kier molecular flexibility index (Phi) is 5.14. The fourth-order valence-electron chi connectivity index (χ4n) is 4.57. The summed E-state index contributed by atoms with van der Waals surface area (Å²) < 4.78 is 19.3. The number of carbonyl (C=O) groups excluding carboxylic acids is 1. The van der Waals surface area contributed by atoms with Gasteiger partial charge in [-0.1, -0.05) is 0 Å². The Hall–Kier alpha value is -2.58. The number of aryl methyl sites for hydroxylation is 3. The second kappa shape index (κ2) is 7.84. The molecule has 0 N–H and O–H groups in total. The summed E-state index contributed by atoms with van der Waals surface area (Å²) in [5, 5.41) is 0.949. The average molecular weight is 441 g/mol. The van der Waals surface area contributed by atoms with Crippen LogP contribution in [0.2, 0.25) is 0 Å². The van der Waals surface area contributed by atoms with Gasteiger partial charge in [0.2, 0.25) is 0 Å². The van der Waals surface area contributed by atoms with Gasteiger partial charge in [-0.25, -0.2) is 14.4 Å². The van der Waals surface area contributed by atoms with Gasteiger partial charge in [0.05, 0.1) is 23.5 Å². The molecule has 2 aliphatic rings. The number of hydrogen-bond acceptors (Lipinski definition) is 6. The number of nitrogens with zero attached hydrogens (tertiary/aromatic N) is 4. The fraction of sp³-hybridized carbons (Fsp3) is 0.435. The molecule has 1 fully saturated rings. The lowest BCUT2D eigenvalue weighted by atomic mass is 9.96. The number of halogens is 1. The zero-order valence-electron chi connectivity index (χ0n) is 17.9. The molecule has 31 heavy (non-hydrogen) atoms. The van der Waals surface area contributed by atoms with Gasteiger partial charge in [-0.3, -0.25) is 4.79 Å². The predicted octanol–water partition coefficient (Wildman–Crippen LogP) is 4.27. The summed E-state index contributed by atoms with van der Waals surface area (Å²) in [5.41, 5.74) is 2.60. The van der Waals surface area contributed by atoms with Crippen LogP contribution in [0.5, 0.6) is 0 Å². The lowest BCUT2D eigenvalue weighted by Gasteiger charge is -2.35. The topological polar surface area (TPSA) is 58.6 Å². The van der Waals surface area contributed by atoms with Crippen molar-refractivity contribution in [1.29, 1.82) is 0 Å². The van der Waals surface area contributed by atoms with Gasteiger partial charge in [0.15, 0.2) is 0 Å². The van der Waals surface area contributed by atoms with E-state index in [2.05, 4.69) is 16.8 Å². The molecular formula is C23H25FN4O2S. The first-order valence-electron chi connectivity index (χ1n) is 10.7. The Bertz CT molecular complexity index is 1170. The molecule has 4 heterocycles. The summed E-state index contributed by atoms with van der Waals surface area (Å²) in [5.74, 6) is 1.26. The zero-order valence-corrected chi connectivity index (χ0v) is 18.8. The molecule has 0 saturated carbocycles. The van der Waals surface area contributed by atoms with Gasteiger partial charge < -0.3 is 14.5 Å². The van der Waals surface area contributed by atoms with Crippen LogP contribution in [0.3, 0.4) is 0 Å². The van der Waals surface area contributed by atoms with Crippen LogP contribution in [-0.2, 0) is 11.2 Å². The number of fused-ring (bicyclic) bond motifs is 2. The third-order valence-electron chi connectivity index (χ3n) is 6.18. The molecule has 1 atom stereocenters. The number of morpholine rings is 1. The largest absolute Gasteiger partial charge is 0.378 e. The number of thiophene rings is 1. The maximum Gasteiger partial charge on any atom is 0.268 e. The van der Waals surface area contributed by atoms with E-state index in [0.717, 1.165) is 58.8 Å². The number of aromatic nitrogens is 2. The van der Waals surface area contributed by atoms with Crippen LogP contribution in [0.25, 0.3) is 10.2 Å². The minimum atomic E-state index is -0.264. The summed E-state index contributed by atoms with van der Waals surface area (Å²) in [4.78, 5) is 28.7. The van der Waals surface area contributed by atoms with Gasteiger partial charge in [0, 0.05) is 24.8 Å². The molecule has 162 valence electrons. The molecule has 5 rings (SSSR count). The van der Waals surface area contributed by atoms with Crippen LogP contribution in [0.1, 0.15) is 40.0 Å². The highest BCUT2D eigenvalue weighted by Crippen LogP contribution is 2.39. The molecule has 0 radical (unpaired) electrons. The third-order valence-corrected chi connectivity index (χ3v) is 7.35. The van der Waals surface area contributed by atoms with Crippen molar-refractivity contribution in [3.05, 3.63) is 45.8 Å². The van der Waals surface area contributed by atoms with Crippen LogP contribution in [0.15, 0.2) is 18.2 Å². The van der Waals surface area contributed by atoms with Gasteiger partial charge in [-0.15, -0.1) is 11.3 Å². The lowest BCUT2D eigenvalue weighted by Crippen LogP contribution is -2.42. The van der Waals surface area contributed by atoms with Crippen molar-refractivity contribution < 1.29 is 13.9 Å². The summed E-state index contributed by atoms with van der Waals surface area (Å²) in [7, 11) is 0. The molecule has 0 bridgehead atoms. The standard InChI is InChI=1S/C23H25FN4O2S/c1-13-4-5-16-12-17(24)6-7-18(16)28(13)23(29)20-14(2)19-21(27-8-10-30-11-9-27)25-15(3)26-22(19)31-20/h6-7,12-13H,4-5,8-11H2,1-3H3. The summed E-state index contributed by atoms with van der Waals surface area (Å²) in [6.07, 6.45) is 1.58. The average Bonchev–Trinajstić information content (AvgIpc) is 3.09. The van der Waals surface area contributed by atoms with E-state index in [1.165, 1.54) is 17.4 Å². The molecule has 1 aromatic carbocycles. The van der Waals surface area contributed by atoms with Gasteiger partial charge in [0.25, 0.3) is 5.91 Å². The van der Waals surface area contributed by atoms with Gasteiger partial charge in [-0.2, -0.15) is 0 Å². The molecule has 1 amide bonds. The second-order valence-electron chi connectivity index (χ2n) is 8.27. The number of carbonyl (C=O) groups is 1. The predicted molar refractivity (Wildman–Crippen MR) is 121 cm³/mol. The molecule has 8 heteroatoms. The highest BCUT2D eigenvalue weighted by molar-refractivity contribution is 7.20. The summed E-state index contributed by atoms with van der Waals surface area (Å²) >= 11 is 1.42. The van der Waals surface area contributed by atoms with Gasteiger partial charge in [0.1, 0.15) is 22.3 Å². The van der Waals surface area contributed by atoms with E-state index >= 15 is 0 Å². The third kappa shape index (κ3) is 3.47. The number of ether oxygens (including phenoxy) is 1. The van der Waals surface area contributed by atoms with Crippen molar-refractivity contribution >= 4 is 39.0 Å². The van der Waals surface area contributed by atoms with Crippen LogP contribution in [-0.4, -0.2) is 48.2 Å². The Morgan fingerprint density at radius 3 is 2.77 bits per heavy atom. The Morgan fingerprint density at radius 1 is 1.23 bits per heavy atom. The maximum absolute atomic E-state index is 13.8. The number of anilines is 2. The van der Waals surface area contributed by atoms with Crippen molar-refractivity contribution in [1.82, 2.24) is 9.97 Å². The molecule has 1 unspecified atom stereocenters. The Morgan fingerprint density at radius 2 is 2.00 bits per heavy atom. The Balaban J connectivity index is 1.61. The quantitative estimate of drug-likeness (QED) is 0.596. The molecule has 0 aliphatic carbocycles. The van der Waals surface area contributed by atoms with Crippen molar-refractivity contribution in [3.8, 4) is 0 Å². The van der Waals surface area contributed by atoms with Gasteiger partial charge in [-0.05, 0) is 62.9 Å². The van der Waals surface area contributed by atoms with Crippen LogP contribution in [0.4, 0.5) is 15.9 Å². The minimum Gasteiger partial charge on any atom is -0.378 e. The van der Waals surface area contributed by atoms with Crippen molar-refractivity contribution in [2.24, 2.45) is 0 Å². The molecule has 2 aliphatic heterocycles. The van der Waals surface area contributed by atoms with E-state index in [9.17, 15) is 9.18 Å². The number of hydrogen-bond donors (Lipinski definition) is 0. The normalized spacial score (nSPS) is 19.0. The van der Waals surface area contributed by atoms with E-state index in [0.29, 0.717) is 23.9 Å². The van der Waals surface area contributed by atoms with Crippen molar-refractivity contribution in [3.63, 3.8) is 0 Å². The zero-order chi connectivity index (χ0) is 21.7. The Labute approximate surface area is 184 Å². The number of benzene rings is 1. The first-order valence-corrected chi connectivity index (χ1v) is 11.5. The molecule has 6 nitrogen and oxygen atoms in total. The molecule has 1 saturated heterocycles. The van der Waals surface area contributed by atoms with Crippen LogP contribution in [0, 0.1) is 19.7 Å². The smallest absolute Gasteiger partial charge is 0.268 e. The second-order valence-corrected chi connectivity index (χ2v) is 9.27. The van der Waals surface area contributed by atoms with E-state index in [4.69, 9.17) is 9.72 Å². The molecule has 0 spiro atoms. The summed E-state index contributed by atoms with van der Waals surface area (Å²) in [6, 6.07) is 4.75. The maximum atomic E-state index is 13.8. The van der Waals surface area contributed by atoms with Crippen molar-refractivity contribution in [2.45, 2.75) is 39.7 Å². The van der Waals surface area contributed by atoms with E-state index in [1.54, 1.807) is 12.1 Å². The summed E-state index contributed by atoms with van der Waals surface area (Å²) in [6.45, 7) is 8.79. The first-order chi connectivity index (χ1) is 14.9. The van der Waals surface area contributed by atoms with Gasteiger partial charge >= 0.3 is 0 Å². The first kappa shape index (κ1) is 20.3. The number of rotatable bonds is 2. The highest BCUT2D eigenvalue weighted by Gasteiger charge is 2.32. The molecule has 2 aromatic heterocycles. The number of amides is 1. The van der Waals surface area contributed by atoms with E-state index in [1.807, 2.05) is 18.7 Å². The minimum absolute atomic E-state index is 0.0432. The van der Waals surface area contributed by atoms with E-state index < -0.39 is 0 Å². The lowest BCUT2D eigenvalue weighted by molar-refractivity contribution is 0.0978. The van der Waals surface area contributed by atoms with Crippen molar-refractivity contribution in [2.75, 3.05) is 36.1 Å². The highest BCUT2D eigenvalue weighted by atomic mass is 32.1. The fourth-order valence-corrected chi connectivity index (χ4v) is 5.73.